The third-order valence-electron chi connectivity index (χ3n) is 2.71. The van der Waals surface area contributed by atoms with Crippen molar-refractivity contribution in [3.63, 3.8) is 0 Å². The second-order valence-corrected chi connectivity index (χ2v) is 6.32. The zero-order valence-corrected chi connectivity index (χ0v) is 11.0. The molecule has 0 aromatic heterocycles. The zero-order valence-electron chi connectivity index (χ0n) is 10.2. The van der Waals surface area contributed by atoms with E-state index in [4.69, 9.17) is 0 Å². The van der Waals surface area contributed by atoms with E-state index in [1.54, 1.807) is 19.9 Å². The molecule has 0 spiro atoms. The van der Waals surface area contributed by atoms with E-state index >= 15 is 0 Å². The number of aliphatic hydroxyl groups is 1. The molecule has 0 heterocycles. The highest BCUT2D eigenvalue weighted by Crippen LogP contribution is 2.24. The number of alkyl halides is 2. The van der Waals surface area contributed by atoms with Gasteiger partial charge in [0.25, 0.3) is 0 Å². The number of aliphatic hydroxyl groups excluding tert-OH is 1. The molecule has 1 atom stereocenters. The predicted octanol–water partition coefficient (Wildman–Crippen LogP) is 2.24. The molecule has 0 aliphatic rings. The quantitative estimate of drug-likeness (QED) is 0.898. The average Bonchev–Trinajstić information content (AvgIpc) is 2.29. The molecular formula is C12H16F2O3S. The predicted molar refractivity (Wildman–Crippen MR) is 64.2 cm³/mol. The van der Waals surface area contributed by atoms with Gasteiger partial charge in [0.2, 0.25) is 9.84 Å². The van der Waals surface area contributed by atoms with Gasteiger partial charge in [-0.3, -0.25) is 0 Å². The molecule has 1 N–H and O–H groups in total. The van der Waals surface area contributed by atoms with Crippen LogP contribution in [0.3, 0.4) is 0 Å². The number of benzene rings is 1. The molecule has 3 nitrogen and oxygen atoms in total. The maximum absolute atomic E-state index is 12.5. The molecule has 1 aromatic rings. The van der Waals surface area contributed by atoms with Gasteiger partial charge in [0.15, 0.2) is 0 Å². The summed E-state index contributed by atoms with van der Waals surface area (Å²) < 4.78 is 48.0. The van der Waals surface area contributed by atoms with Crippen LogP contribution in [0.5, 0.6) is 0 Å². The SMILES string of the molecule is CC(C)C(O)Cc1ccccc1S(=O)(=O)C(F)F. The number of halogens is 2. The highest BCUT2D eigenvalue weighted by Gasteiger charge is 2.29. The third-order valence-corrected chi connectivity index (χ3v) is 4.19. The molecule has 18 heavy (non-hydrogen) atoms. The van der Waals surface area contributed by atoms with Crippen LogP contribution in [0, 0.1) is 5.92 Å². The van der Waals surface area contributed by atoms with Gasteiger partial charge in [0.1, 0.15) is 0 Å². The molecule has 0 amide bonds. The molecule has 0 radical (unpaired) electrons. The van der Waals surface area contributed by atoms with Crippen molar-refractivity contribution in [3.8, 4) is 0 Å². The van der Waals surface area contributed by atoms with Gasteiger partial charge in [-0.05, 0) is 24.0 Å². The van der Waals surface area contributed by atoms with Crippen LogP contribution < -0.4 is 0 Å². The van der Waals surface area contributed by atoms with Gasteiger partial charge in [-0.15, -0.1) is 0 Å². The number of sulfone groups is 1. The van der Waals surface area contributed by atoms with Gasteiger partial charge < -0.3 is 5.11 Å². The van der Waals surface area contributed by atoms with Gasteiger partial charge in [-0.1, -0.05) is 32.0 Å². The summed E-state index contributed by atoms with van der Waals surface area (Å²) in [6, 6.07) is 5.54. The Kier molecular flexibility index (Phi) is 4.81. The summed E-state index contributed by atoms with van der Waals surface area (Å²) in [5, 5.41) is 9.73. The van der Waals surface area contributed by atoms with Crippen molar-refractivity contribution in [3.05, 3.63) is 29.8 Å². The largest absolute Gasteiger partial charge is 0.393 e. The molecule has 0 saturated heterocycles. The number of hydrogen-bond acceptors (Lipinski definition) is 3. The minimum atomic E-state index is -4.62. The summed E-state index contributed by atoms with van der Waals surface area (Å²) in [6.07, 6.45) is -0.723. The van der Waals surface area contributed by atoms with Gasteiger partial charge in [0.05, 0.1) is 11.0 Å². The lowest BCUT2D eigenvalue weighted by Crippen LogP contribution is -2.20. The number of rotatable bonds is 5. The summed E-state index contributed by atoms with van der Waals surface area (Å²) in [5.41, 5.74) is 0.221. The van der Waals surface area contributed by atoms with Crippen LogP contribution in [0.15, 0.2) is 29.2 Å². The van der Waals surface area contributed by atoms with Crippen LogP contribution in [0.2, 0.25) is 0 Å². The van der Waals surface area contributed by atoms with Crippen LogP contribution in [-0.2, 0) is 16.3 Å². The lowest BCUT2D eigenvalue weighted by molar-refractivity contribution is 0.125. The van der Waals surface area contributed by atoms with Crippen LogP contribution in [0.4, 0.5) is 8.78 Å². The second kappa shape index (κ2) is 5.75. The maximum atomic E-state index is 12.5. The van der Waals surface area contributed by atoms with Crippen molar-refractivity contribution in [1.82, 2.24) is 0 Å². The van der Waals surface area contributed by atoms with E-state index in [-0.39, 0.29) is 17.9 Å². The first-order chi connectivity index (χ1) is 8.26. The van der Waals surface area contributed by atoms with Crippen molar-refractivity contribution in [2.75, 3.05) is 0 Å². The Morgan fingerprint density at radius 2 is 1.78 bits per heavy atom. The minimum absolute atomic E-state index is 0.0415. The van der Waals surface area contributed by atoms with E-state index in [0.29, 0.717) is 0 Å². The molecule has 0 bridgehead atoms. The van der Waals surface area contributed by atoms with Crippen molar-refractivity contribution >= 4 is 9.84 Å². The third kappa shape index (κ3) is 3.26. The van der Waals surface area contributed by atoms with Crippen molar-refractivity contribution in [1.29, 1.82) is 0 Å². The fourth-order valence-electron chi connectivity index (χ4n) is 1.51. The summed E-state index contributed by atoms with van der Waals surface area (Å²) in [5.74, 6) is -3.53. The van der Waals surface area contributed by atoms with Crippen molar-refractivity contribution in [2.45, 2.75) is 37.0 Å². The minimum Gasteiger partial charge on any atom is -0.393 e. The molecule has 1 aromatic carbocycles. The molecule has 1 rings (SSSR count). The van der Waals surface area contributed by atoms with Gasteiger partial charge >= 0.3 is 5.76 Å². The Labute approximate surface area is 105 Å². The molecular weight excluding hydrogens is 262 g/mol. The van der Waals surface area contributed by atoms with E-state index in [1.807, 2.05) is 0 Å². The fourth-order valence-corrected chi connectivity index (χ4v) is 2.48. The van der Waals surface area contributed by atoms with Gasteiger partial charge in [-0.25, -0.2) is 8.42 Å². The van der Waals surface area contributed by atoms with Crippen LogP contribution >= 0.6 is 0 Å². The Bertz CT molecular complexity index is 498. The van der Waals surface area contributed by atoms with E-state index in [0.717, 1.165) is 6.07 Å². The highest BCUT2D eigenvalue weighted by molar-refractivity contribution is 7.91. The summed E-state index contributed by atoms with van der Waals surface area (Å²) >= 11 is 0. The smallest absolute Gasteiger partial charge is 0.341 e. The first kappa shape index (κ1) is 15.0. The van der Waals surface area contributed by atoms with E-state index < -0.39 is 26.6 Å². The van der Waals surface area contributed by atoms with Crippen LogP contribution in [-0.4, -0.2) is 25.4 Å². The molecule has 0 saturated carbocycles. The van der Waals surface area contributed by atoms with Crippen LogP contribution in [0.25, 0.3) is 0 Å². The molecule has 0 aliphatic carbocycles. The van der Waals surface area contributed by atoms with Crippen LogP contribution in [0.1, 0.15) is 19.4 Å². The Balaban J connectivity index is 3.16. The standard InChI is InChI=1S/C12H16F2O3S/c1-8(2)10(15)7-9-5-3-4-6-11(9)18(16,17)12(13)14/h3-6,8,10,12,15H,7H2,1-2H3. The summed E-state index contributed by atoms with van der Waals surface area (Å²) in [6.45, 7) is 3.55. The molecule has 1 unspecified atom stereocenters. The second-order valence-electron chi connectivity index (χ2n) is 4.43. The normalized spacial score (nSPS) is 14.2. The monoisotopic (exact) mass is 278 g/mol. The van der Waals surface area contributed by atoms with E-state index in [9.17, 15) is 22.3 Å². The lowest BCUT2D eigenvalue weighted by atomic mass is 9.99. The highest BCUT2D eigenvalue weighted by atomic mass is 32.2. The topological polar surface area (TPSA) is 54.4 Å². The maximum Gasteiger partial charge on any atom is 0.341 e. The van der Waals surface area contributed by atoms with Gasteiger partial charge in [0, 0.05) is 0 Å². The first-order valence-corrected chi connectivity index (χ1v) is 7.09. The number of hydrogen-bond donors (Lipinski definition) is 1. The molecule has 0 aliphatic heterocycles. The molecule has 6 heteroatoms. The Morgan fingerprint density at radius 1 is 1.22 bits per heavy atom. The first-order valence-electron chi connectivity index (χ1n) is 5.54. The molecule has 0 fully saturated rings. The zero-order chi connectivity index (χ0) is 13.9. The van der Waals surface area contributed by atoms with Crippen molar-refractivity contribution < 1.29 is 22.3 Å². The Hall–Kier alpha value is -1.01. The fraction of sp³-hybridized carbons (Fsp3) is 0.500. The van der Waals surface area contributed by atoms with Crippen molar-refractivity contribution in [2.24, 2.45) is 5.92 Å². The Morgan fingerprint density at radius 3 is 2.28 bits per heavy atom. The van der Waals surface area contributed by atoms with E-state index in [1.165, 1.54) is 12.1 Å². The summed E-state index contributed by atoms with van der Waals surface area (Å²) in [7, 11) is -4.62. The summed E-state index contributed by atoms with van der Waals surface area (Å²) in [4.78, 5) is -0.403. The van der Waals surface area contributed by atoms with Gasteiger partial charge in [-0.2, -0.15) is 8.78 Å². The lowest BCUT2D eigenvalue weighted by Gasteiger charge is -2.16. The molecule has 102 valence electrons. The van der Waals surface area contributed by atoms with E-state index in [2.05, 4.69) is 0 Å². The average molecular weight is 278 g/mol.